The van der Waals surface area contributed by atoms with Gasteiger partial charge in [-0.25, -0.2) is 0 Å². The Kier molecular flexibility index (Phi) is 4.02. The average Bonchev–Trinajstić information content (AvgIpc) is 2.34. The molecule has 3 heteroatoms. The minimum absolute atomic E-state index is 0.261. The lowest BCUT2D eigenvalue weighted by molar-refractivity contribution is -0.132. The number of likely N-dealkylation sites (N-methyl/N-ethyl adjacent to an activating group) is 1. The zero-order chi connectivity index (χ0) is 13.1. The Labute approximate surface area is 109 Å². The van der Waals surface area contributed by atoms with Crippen LogP contribution in [0.25, 0.3) is 0 Å². The number of hydrogen-bond acceptors (Lipinski definition) is 2. The zero-order valence-corrected chi connectivity index (χ0v) is 11.6. The van der Waals surface area contributed by atoms with Crippen molar-refractivity contribution in [2.24, 2.45) is 0 Å². The zero-order valence-electron chi connectivity index (χ0n) is 11.6. The minimum Gasteiger partial charge on any atom is -0.340 e. The Morgan fingerprint density at radius 3 is 2.50 bits per heavy atom. The molecule has 0 radical (unpaired) electrons. The van der Waals surface area contributed by atoms with Gasteiger partial charge in [0.25, 0.3) is 0 Å². The summed E-state index contributed by atoms with van der Waals surface area (Å²) in [5, 5.41) is 0. The molecular weight excluding hydrogens is 224 g/mol. The lowest BCUT2D eigenvalue weighted by Crippen LogP contribution is -2.47. The Morgan fingerprint density at radius 2 is 1.83 bits per heavy atom. The van der Waals surface area contributed by atoms with E-state index in [0.29, 0.717) is 6.42 Å². The Bertz CT molecular complexity index is 434. The molecule has 1 heterocycles. The highest BCUT2D eigenvalue weighted by Crippen LogP contribution is 2.13. The SMILES string of the molecule is Cc1ccc(C)c(CC(=O)N2CCN(C)CC2)c1. The highest BCUT2D eigenvalue weighted by Gasteiger charge is 2.19. The van der Waals surface area contributed by atoms with Gasteiger partial charge in [-0.15, -0.1) is 0 Å². The summed E-state index contributed by atoms with van der Waals surface area (Å²) in [7, 11) is 2.10. The second kappa shape index (κ2) is 5.53. The summed E-state index contributed by atoms with van der Waals surface area (Å²) in [4.78, 5) is 16.5. The van der Waals surface area contributed by atoms with Gasteiger partial charge in [0, 0.05) is 26.2 Å². The maximum absolute atomic E-state index is 12.2. The summed E-state index contributed by atoms with van der Waals surface area (Å²) in [5.74, 6) is 0.261. The van der Waals surface area contributed by atoms with Crippen LogP contribution in [0.4, 0.5) is 0 Å². The van der Waals surface area contributed by atoms with Gasteiger partial charge in [0.15, 0.2) is 0 Å². The maximum atomic E-state index is 12.2. The van der Waals surface area contributed by atoms with Crippen LogP contribution >= 0.6 is 0 Å². The van der Waals surface area contributed by atoms with Crippen molar-refractivity contribution in [1.29, 1.82) is 0 Å². The molecular formula is C15H22N2O. The Morgan fingerprint density at radius 1 is 1.17 bits per heavy atom. The lowest BCUT2D eigenvalue weighted by atomic mass is 10.0. The molecule has 0 N–H and O–H groups in total. The molecule has 1 fully saturated rings. The van der Waals surface area contributed by atoms with Crippen LogP contribution in [0.5, 0.6) is 0 Å². The van der Waals surface area contributed by atoms with E-state index in [4.69, 9.17) is 0 Å². The van der Waals surface area contributed by atoms with Crippen molar-refractivity contribution in [3.63, 3.8) is 0 Å². The largest absolute Gasteiger partial charge is 0.340 e. The molecule has 2 rings (SSSR count). The van der Waals surface area contributed by atoms with E-state index in [-0.39, 0.29) is 5.91 Å². The molecule has 3 nitrogen and oxygen atoms in total. The molecule has 0 bridgehead atoms. The second-order valence-corrected chi connectivity index (χ2v) is 5.29. The lowest BCUT2D eigenvalue weighted by Gasteiger charge is -2.32. The first-order valence-corrected chi connectivity index (χ1v) is 6.58. The second-order valence-electron chi connectivity index (χ2n) is 5.29. The summed E-state index contributed by atoms with van der Waals surface area (Å²) in [6, 6.07) is 6.32. The molecule has 18 heavy (non-hydrogen) atoms. The van der Waals surface area contributed by atoms with Gasteiger partial charge in [-0.2, -0.15) is 0 Å². The highest BCUT2D eigenvalue weighted by molar-refractivity contribution is 5.79. The van der Waals surface area contributed by atoms with Gasteiger partial charge in [0.05, 0.1) is 6.42 Å². The molecule has 1 amide bonds. The number of hydrogen-bond donors (Lipinski definition) is 0. The van der Waals surface area contributed by atoms with Crippen LogP contribution in [-0.4, -0.2) is 48.9 Å². The quantitative estimate of drug-likeness (QED) is 0.791. The molecule has 0 saturated carbocycles. The fourth-order valence-corrected chi connectivity index (χ4v) is 2.32. The summed E-state index contributed by atoms with van der Waals surface area (Å²) in [5.41, 5.74) is 3.60. The van der Waals surface area contributed by atoms with E-state index in [0.717, 1.165) is 26.2 Å². The van der Waals surface area contributed by atoms with Gasteiger partial charge in [-0.1, -0.05) is 23.8 Å². The fraction of sp³-hybridized carbons (Fsp3) is 0.533. The molecule has 1 aliphatic heterocycles. The van der Waals surface area contributed by atoms with E-state index in [2.05, 4.69) is 44.0 Å². The average molecular weight is 246 g/mol. The topological polar surface area (TPSA) is 23.6 Å². The molecule has 1 aliphatic rings. The fourth-order valence-electron chi connectivity index (χ4n) is 2.32. The first kappa shape index (κ1) is 13.1. The molecule has 1 aromatic carbocycles. The van der Waals surface area contributed by atoms with E-state index in [1.807, 2.05) is 4.90 Å². The van der Waals surface area contributed by atoms with Gasteiger partial charge in [0.1, 0.15) is 0 Å². The summed E-state index contributed by atoms with van der Waals surface area (Å²) >= 11 is 0. The smallest absolute Gasteiger partial charge is 0.227 e. The van der Waals surface area contributed by atoms with Crippen LogP contribution in [0.15, 0.2) is 18.2 Å². The highest BCUT2D eigenvalue weighted by atomic mass is 16.2. The predicted molar refractivity (Wildman–Crippen MR) is 73.7 cm³/mol. The summed E-state index contributed by atoms with van der Waals surface area (Å²) in [6.07, 6.45) is 0.539. The van der Waals surface area contributed by atoms with Crippen molar-refractivity contribution in [1.82, 2.24) is 9.80 Å². The van der Waals surface area contributed by atoms with Crippen LogP contribution in [0, 0.1) is 13.8 Å². The molecule has 98 valence electrons. The number of nitrogens with zero attached hydrogens (tertiary/aromatic N) is 2. The Balaban J connectivity index is 2.00. The van der Waals surface area contributed by atoms with E-state index in [9.17, 15) is 4.79 Å². The third kappa shape index (κ3) is 3.10. The number of rotatable bonds is 2. The Hall–Kier alpha value is -1.35. The van der Waals surface area contributed by atoms with E-state index < -0.39 is 0 Å². The number of carbonyl (C=O) groups excluding carboxylic acids is 1. The van der Waals surface area contributed by atoms with Crippen LogP contribution < -0.4 is 0 Å². The monoisotopic (exact) mass is 246 g/mol. The molecule has 0 spiro atoms. The number of piperazine rings is 1. The van der Waals surface area contributed by atoms with Crippen molar-refractivity contribution in [3.05, 3.63) is 34.9 Å². The van der Waals surface area contributed by atoms with Gasteiger partial charge in [0.2, 0.25) is 5.91 Å². The van der Waals surface area contributed by atoms with Crippen LogP contribution in [0.2, 0.25) is 0 Å². The number of aryl methyl sites for hydroxylation is 2. The first-order chi connectivity index (χ1) is 8.56. The molecule has 0 atom stereocenters. The van der Waals surface area contributed by atoms with Gasteiger partial charge in [-0.3, -0.25) is 4.79 Å². The maximum Gasteiger partial charge on any atom is 0.227 e. The van der Waals surface area contributed by atoms with E-state index in [1.54, 1.807) is 0 Å². The van der Waals surface area contributed by atoms with Crippen molar-refractivity contribution < 1.29 is 4.79 Å². The van der Waals surface area contributed by atoms with Gasteiger partial charge < -0.3 is 9.80 Å². The number of benzene rings is 1. The number of amides is 1. The van der Waals surface area contributed by atoms with Crippen molar-refractivity contribution in [2.75, 3.05) is 33.2 Å². The first-order valence-electron chi connectivity index (χ1n) is 6.58. The molecule has 1 aromatic rings. The molecule has 0 unspecified atom stereocenters. The standard InChI is InChI=1S/C15H22N2O/c1-12-4-5-13(2)14(10-12)11-15(18)17-8-6-16(3)7-9-17/h4-5,10H,6-9,11H2,1-3H3. The molecule has 1 saturated heterocycles. The van der Waals surface area contributed by atoms with Crippen LogP contribution in [0.3, 0.4) is 0 Å². The minimum atomic E-state index is 0.261. The van der Waals surface area contributed by atoms with Crippen LogP contribution in [-0.2, 0) is 11.2 Å². The summed E-state index contributed by atoms with van der Waals surface area (Å²) in [6.45, 7) is 7.84. The predicted octanol–water partition coefficient (Wildman–Crippen LogP) is 1.62. The third-order valence-electron chi connectivity index (χ3n) is 3.70. The van der Waals surface area contributed by atoms with Crippen molar-refractivity contribution >= 4 is 5.91 Å². The summed E-state index contributed by atoms with van der Waals surface area (Å²) < 4.78 is 0. The van der Waals surface area contributed by atoms with E-state index in [1.165, 1.54) is 16.7 Å². The molecule has 0 aromatic heterocycles. The third-order valence-corrected chi connectivity index (χ3v) is 3.70. The van der Waals surface area contributed by atoms with E-state index >= 15 is 0 Å². The van der Waals surface area contributed by atoms with Gasteiger partial charge >= 0.3 is 0 Å². The normalized spacial score (nSPS) is 16.9. The molecule has 0 aliphatic carbocycles. The van der Waals surface area contributed by atoms with Crippen LogP contribution in [0.1, 0.15) is 16.7 Å². The van der Waals surface area contributed by atoms with Crippen molar-refractivity contribution in [2.45, 2.75) is 20.3 Å². The number of carbonyl (C=O) groups is 1. The van der Waals surface area contributed by atoms with Gasteiger partial charge in [-0.05, 0) is 32.0 Å². The van der Waals surface area contributed by atoms with Crippen molar-refractivity contribution in [3.8, 4) is 0 Å².